The lowest BCUT2D eigenvalue weighted by atomic mass is 10.1. The van der Waals surface area contributed by atoms with E-state index in [1.807, 2.05) is 0 Å². The maximum atomic E-state index is 12.5. The van der Waals surface area contributed by atoms with E-state index in [1.54, 1.807) is 17.0 Å². The first kappa shape index (κ1) is 16.3. The van der Waals surface area contributed by atoms with Crippen molar-refractivity contribution < 1.29 is 14.3 Å². The minimum atomic E-state index is -0.332. The number of likely N-dealkylation sites (tertiary alicyclic amines) is 1. The quantitative estimate of drug-likeness (QED) is 0.894. The zero-order chi connectivity index (χ0) is 17.6. The molecule has 25 heavy (non-hydrogen) atoms. The zero-order valence-electron chi connectivity index (χ0n) is 14.5. The molecule has 0 bridgehead atoms. The Morgan fingerprint density at radius 3 is 2.92 bits per heavy atom. The minimum absolute atomic E-state index is 0.0728. The number of β-amino-alcohol motifs (C(OH)–C–C–N with tert-alkyl or cyclic N) is 1. The number of furan rings is 1. The standard InChI is InChI=1S/C17H23N5O3/c1-11(2)22-9-12(23)8-13(22)16-19-18-15-10-20(5-6-21(15)16)17(24)14-4-3-7-25-14/h3-4,7,11-13,23H,5-6,8-10H2,1-2H3/t12-,13-/m0/s1. The summed E-state index contributed by atoms with van der Waals surface area (Å²) < 4.78 is 7.31. The first-order valence-corrected chi connectivity index (χ1v) is 8.73. The van der Waals surface area contributed by atoms with Gasteiger partial charge in [0.1, 0.15) is 0 Å². The molecule has 2 aromatic rings. The molecule has 1 fully saturated rings. The van der Waals surface area contributed by atoms with Crippen molar-refractivity contribution in [2.45, 2.75) is 51.5 Å². The van der Waals surface area contributed by atoms with Crippen LogP contribution >= 0.6 is 0 Å². The lowest BCUT2D eigenvalue weighted by Crippen LogP contribution is -2.39. The van der Waals surface area contributed by atoms with Crippen molar-refractivity contribution in [1.29, 1.82) is 0 Å². The van der Waals surface area contributed by atoms with Gasteiger partial charge in [-0.1, -0.05) is 0 Å². The number of rotatable bonds is 3. The number of carbonyl (C=O) groups excluding carboxylic acids is 1. The second kappa shape index (κ2) is 6.27. The van der Waals surface area contributed by atoms with Crippen molar-refractivity contribution in [3.63, 3.8) is 0 Å². The van der Waals surface area contributed by atoms with Gasteiger partial charge in [-0.15, -0.1) is 10.2 Å². The van der Waals surface area contributed by atoms with Gasteiger partial charge >= 0.3 is 0 Å². The molecule has 8 nitrogen and oxygen atoms in total. The summed E-state index contributed by atoms with van der Waals surface area (Å²) in [6, 6.07) is 3.79. The highest BCUT2D eigenvalue weighted by molar-refractivity contribution is 5.91. The molecule has 0 unspecified atom stereocenters. The van der Waals surface area contributed by atoms with Gasteiger partial charge in [0, 0.05) is 25.7 Å². The molecule has 4 rings (SSSR count). The Labute approximate surface area is 146 Å². The average Bonchev–Trinajstić information content (AvgIpc) is 3.32. The van der Waals surface area contributed by atoms with E-state index < -0.39 is 0 Å². The topological polar surface area (TPSA) is 87.6 Å². The van der Waals surface area contributed by atoms with Gasteiger partial charge in [-0.3, -0.25) is 9.69 Å². The fraction of sp³-hybridized carbons (Fsp3) is 0.588. The van der Waals surface area contributed by atoms with Crippen molar-refractivity contribution in [2.24, 2.45) is 0 Å². The smallest absolute Gasteiger partial charge is 0.290 e. The summed E-state index contributed by atoms with van der Waals surface area (Å²) in [6.07, 6.45) is 1.84. The van der Waals surface area contributed by atoms with Crippen molar-refractivity contribution in [2.75, 3.05) is 13.1 Å². The SMILES string of the molecule is CC(C)N1C[C@@H](O)C[C@H]1c1nnc2n1CCN(C(=O)c1ccco1)C2. The minimum Gasteiger partial charge on any atom is -0.459 e. The van der Waals surface area contributed by atoms with E-state index >= 15 is 0 Å². The third-order valence-electron chi connectivity index (χ3n) is 5.08. The highest BCUT2D eigenvalue weighted by atomic mass is 16.3. The van der Waals surface area contributed by atoms with E-state index in [2.05, 4.69) is 33.5 Å². The molecule has 134 valence electrons. The van der Waals surface area contributed by atoms with Crippen LogP contribution in [0.2, 0.25) is 0 Å². The Balaban J connectivity index is 1.55. The molecule has 0 aliphatic carbocycles. The van der Waals surface area contributed by atoms with Crippen LogP contribution in [0, 0.1) is 0 Å². The average molecular weight is 345 g/mol. The maximum absolute atomic E-state index is 12.5. The first-order valence-electron chi connectivity index (χ1n) is 8.73. The molecule has 2 aliphatic rings. The van der Waals surface area contributed by atoms with Crippen LogP contribution in [0.5, 0.6) is 0 Å². The molecule has 2 atom stereocenters. The molecular formula is C17H23N5O3. The van der Waals surface area contributed by atoms with Gasteiger partial charge < -0.3 is 19.0 Å². The van der Waals surface area contributed by atoms with E-state index in [0.29, 0.717) is 44.4 Å². The van der Waals surface area contributed by atoms with Crippen LogP contribution in [0.25, 0.3) is 0 Å². The van der Waals surface area contributed by atoms with Crippen LogP contribution in [0.3, 0.4) is 0 Å². The highest BCUT2D eigenvalue weighted by Crippen LogP contribution is 2.33. The van der Waals surface area contributed by atoms with Crippen LogP contribution in [-0.2, 0) is 13.1 Å². The summed E-state index contributed by atoms with van der Waals surface area (Å²) in [5.74, 6) is 1.90. The van der Waals surface area contributed by atoms with Gasteiger partial charge in [0.15, 0.2) is 17.4 Å². The molecule has 2 aliphatic heterocycles. The number of hydrogen-bond acceptors (Lipinski definition) is 6. The Bertz CT molecular complexity index is 754. The van der Waals surface area contributed by atoms with Gasteiger partial charge in [0.05, 0.1) is 25.0 Å². The molecule has 1 N–H and O–H groups in total. The number of aromatic nitrogens is 3. The molecule has 0 spiro atoms. The van der Waals surface area contributed by atoms with Crippen LogP contribution in [-0.4, -0.2) is 60.8 Å². The predicted molar refractivity (Wildman–Crippen MR) is 88.7 cm³/mol. The Morgan fingerprint density at radius 2 is 2.20 bits per heavy atom. The summed E-state index contributed by atoms with van der Waals surface area (Å²) in [7, 11) is 0. The highest BCUT2D eigenvalue weighted by Gasteiger charge is 2.38. The molecule has 4 heterocycles. The number of aliphatic hydroxyl groups excluding tert-OH is 1. The Morgan fingerprint density at radius 1 is 1.36 bits per heavy atom. The Kier molecular flexibility index (Phi) is 4.09. The number of carbonyl (C=O) groups is 1. The van der Waals surface area contributed by atoms with Crippen LogP contribution in [0.4, 0.5) is 0 Å². The van der Waals surface area contributed by atoms with E-state index in [0.717, 1.165) is 11.6 Å². The molecule has 0 radical (unpaired) electrons. The molecule has 0 saturated carbocycles. The monoisotopic (exact) mass is 345 g/mol. The second-order valence-electron chi connectivity index (χ2n) is 7.03. The van der Waals surface area contributed by atoms with Crippen molar-refractivity contribution >= 4 is 5.91 Å². The van der Waals surface area contributed by atoms with Crippen LogP contribution in [0.1, 0.15) is 48.5 Å². The Hall–Kier alpha value is -2.19. The second-order valence-corrected chi connectivity index (χ2v) is 7.03. The molecule has 8 heteroatoms. The molecule has 1 saturated heterocycles. The van der Waals surface area contributed by atoms with Crippen molar-refractivity contribution in [3.05, 3.63) is 35.8 Å². The van der Waals surface area contributed by atoms with E-state index in [4.69, 9.17) is 4.42 Å². The van der Waals surface area contributed by atoms with Gasteiger partial charge in [0.25, 0.3) is 5.91 Å². The summed E-state index contributed by atoms with van der Waals surface area (Å²) >= 11 is 0. The fourth-order valence-electron chi connectivity index (χ4n) is 3.82. The number of aliphatic hydroxyl groups is 1. The summed E-state index contributed by atoms with van der Waals surface area (Å²) in [5.41, 5.74) is 0. The van der Waals surface area contributed by atoms with E-state index in [-0.39, 0.29) is 18.1 Å². The van der Waals surface area contributed by atoms with Gasteiger partial charge in [-0.05, 0) is 32.4 Å². The number of hydrogen-bond donors (Lipinski definition) is 1. The van der Waals surface area contributed by atoms with Gasteiger partial charge in [-0.25, -0.2) is 0 Å². The lowest BCUT2D eigenvalue weighted by molar-refractivity contribution is 0.0672. The zero-order valence-corrected chi connectivity index (χ0v) is 14.5. The predicted octanol–water partition coefficient (Wildman–Crippen LogP) is 1.04. The third-order valence-corrected chi connectivity index (χ3v) is 5.08. The maximum Gasteiger partial charge on any atom is 0.290 e. The van der Waals surface area contributed by atoms with E-state index in [9.17, 15) is 9.90 Å². The number of nitrogens with zero attached hydrogens (tertiary/aromatic N) is 5. The van der Waals surface area contributed by atoms with Gasteiger partial charge in [0.2, 0.25) is 0 Å². The van der Waals surface area contributed by atoms with Gasteiger partial charge in [-0.2, -0.15) is 0 Å². The molecular weight excluding hydrogens is 322 g/mol. The first-order chi connectivity index (χ1) is 12.0. The fourth-order valence-corrected chi connectivity index (χ4v) is 3.82. The largest absolute Gasteiger partial charge is 0.459 e. The van der Waals surface area contributed by atoms with Crippen LogP contribution in [0.15, 0.2) is 22.8 Å². The van der Waals surface area contributed by atoms with Crippen molar-refractivity contribution in [3.8, 4) is 0 Å². The molecule has 0 aromatic carbocycles. The van der Waals surface area contributed by atoms with Crippen molar-refractivity contribution in [1.82, 2.24) is 24.6 Å². The summed E-state index contributed by atoms with van der Waals surface area (Å²) in [4.78, 5) is 16.5. The molecule has 2 aromatic heterocycles. The number of fused-ring (bicyclic) bond motifs is 1. The normalized spacial score (nSPS) is 24.1. The summed E-state index contributed by atoms with van der Waals surface area (Å²) in [6.45, 7) is 6.58. The molecule has 1 amide bonds. The lowest BCUT2D eigenvalue weighted by Gasteiger charge is -2.30. The van der Waals surface area contributed by atoms with E-state index in [1.165, 1.54) is 6.26 Å². The van der Waals surface area contributed by atoms with Crippen LogP contribution < -0.4 is 0 Å². The third kappa shape index (κ3) is 2.85. The number of amides is 1. The summed E-state index contributed by atoms with van der Waals surface area (Å²) in [5, 5.41) is 18.8.